The van der Waals surface area contributed by atoms with Crippen LogP contribution in [0.2, 0.25) is 5.02 Å². The van der Waals surface area contributed by atoms with Gasteiger partial charge in [-0.1, -0.05) is 23.7 Å². The molecule has 0 aliphatic heterocycles. The lowest BCUT2D eigenvalue weighted by molar-refractivity contribution is -0.147. The largest absolute Gasteiger partial charge is 0.480 e. The fourth-order valence-corrected chi connectivity index (χ4v) is 2.26. The number of hydrogen-bond donors (Lipinski definition) is 1. The van der Waals surface area contributed by atoms with Crippen molar-refractivity contribution in [3.05, 3.63) is 46.7 Å². The Labute approximate surface area is 151 Å². The number of halogens is 4. The zero-order valence-corrected chi connectivity index (χ0v) is 14.8. The second-order valence-corrected chi connectivity index (χ2v) is 6.41. The molecule has 0 unspecified atom stereocenters. The summed E-state index contributed by atoms with van der Waals surface area (Å²) >= 11 is 6.02. The number of aliphatic carboxylic acids is 1. The fourth-order valence-electron chi connectivity index (χ4n) is 2.05. The van der Waals surface area contributed by atoms with E-state index in [2.05, 4.69) is 5.10 Å². The first-order valence-electron chi connectivity index (χ1n) is 7.31. The van der Waals surface area contributed by atoms with Crippen molar-refractivity contribution in [3.63, 3.8) is 0 Å². The SMILES string of the molecule is CN(C(=O)c1cc(C(F)(F)F)nn1-c1ccccc1Cl)C(C)(C)C(=O)O. The van der Waals surface area contributed by atoms with Crippen LogP contribution in [-0.4, -0.2) is 44.3 Å². The van der Waals surface area contributed by atoms with Gasteiger partial charge in [-0.15, -0.1) is 0 Å². The molecule has 1 heterocycles. The lowest BCUT2D eigenvalue weighted by Crippen LogP contribution is -2.51. The van der Waals surface area contributed by atoms with Gasteiger partial charge in [0.15, 0.2) is 5.69 Å². The van der Waals surface area contributed by atoms with Gasteiger partial charge in [0.2, 0.25) is 0 Å². The normalized spacial score (nSPS) is 12.1. The first-order chi connectivity index (χ1) is 11.9. The van der Waals surface area contributed by atoms with Crippen molar-refractivity contribution in [1.29, 1.82) is 0 Å². The fraction of sp³-hybridized carbons (Fsp3) is 0.312. The molecule has 1 N–H and O–H groups in total. The highest BCUT2D eigenvalue weighted by Gasteiger charge is 2.40. The molecule has 26 heavy (non-hydrogen) atoms. The molecule has 0 radical (unpaired) electrons. The molecule has 140 valence electrons. The summed E-state index contributed by atoms with van der Waals surface area (Å²) in [4.78, 5) is 24.9. The summed E-state index contributed by atoms with van der Waals surface area (Å²) in [6, 6.07) is 6.50. The van der Waals surface area contributed by atoms with E-state index < -0.39 is 35.0 Å². The van der Waals surface area contributed by atoms with Crippen molar-refractivity contribution < 1.29 is 27.9 Å². The molecule has 2 rings (SSSR count). The van der Waals surface area contributed by atoms with Crippen molar-refractivity contribution in [2.75, 3.05) is 7.05 Å². The number of nitrogens with zero attached hydrogens (tertiary/aromatic N) is 3. The van der Waals surface area contributed by atoms with Crippen molar-refractivity contribution in [2.24, 2.45) is 0 Å². The topological polar surface area (TPSA) is 75.4 Å². The van der Waals surface area contributed by atoms with E-state index in [1.165, 1.54) is 39.1 Å². The lowest BCUT2D eigenvalue weighted by atomic mass is 10.0. The second kappa shape index (κ2) is 6.64. The van der Waals surface area contributed by atoms with Crippen LogP contribution in [0.1, 0.15) is 30.0 Å². The predicted molar refractivity (Wildman–Crippen MR) is 87.4 cm³/mol. The third-order valence-corrected chi connectivity index (χ3v) is 4.29. The van der Waals surface area contributed by atoms with Gasteiger partial charge >= 0.3 is 12.1 Å². The number of carbonyl (C=O) groups excluding carboxylic acids is 1. The lowest BCUT2D eigenvalue weighted by Gasteiger charge is -2.31. The van der Waals surface area contributed by atoms with Crippen LogP contribution in [0.3, 0.4) is 0 Å². The Morgan fingerprint density at radius 2 is 1.81 bits per heavy atom. The number of hydrogen-bond acceptors (Lipinski definition) is 3. The molecule has 0 atom stereocenters. The first-order valence-corrected chi connectivity index (χ1v) is 7.69. The molecule has 0 aliphatic rings. The van der Waals surface area contributed by atoms with Crippen LogP contribution in [0.4, 0.5) is 13.2 Å². The minimum atomic E-state index is -4.79. The second-order valence-electron chi connectivity index (χ2n) is 6.00. The minimum absolute atomic E-state index is 0.0644. The van der Waals surface area contributed by atoms with Gasteiger partial charge < -0.3 is 10.0 Å². The van der Waals surface area contributed by atoms with Gasteiger partial charge in [0.1, 0.15) is 11.2 Å². The summed E-state index contributed by atoms with van der Waals surface area (Å²) in [5.41, 5.74) is -3.33. The van der Waals surface area contributed by atoms with Crippen LogP contribution in [-0.2, 0) is 11.0 Å². The number of carbonyl (C=O) groups is 2. The zero-order valence-electron chi connectivity index (χ0n) is 14.0. The monoisotopic (exact) mass is 389 g/mol. The molecule has 0 fully saturated rings. The van der Waals surface area contributed by atoms with Gasteiger partial charge in [-0.3, -0.25) is 4.79 Å². The standard InChI is InChI=1S/C16H15ClF3N3O3/c1-15(2,14(25)26)22(3)13(24)11-8-12(16(18,19)20)21-23(11)10-7-5-4-6-9(10)17/h4-8H,1-3H3,(H,25,26). The molecule has 0 aliphatic carbocycles. The van der Waals surface area contributed by atoms with E-state index in [4.69, 9.17) is 11.6 Å². The number of para-hydroxylation sites is 1. The highest BCUT2D eigenvalue weighted by atomic mass is 35.5. The molecule has 6 nitrogen and oxygen atoms in total. The smallest absolute Gasteiger partial charge is 0.435 e. The van der Waals surface area contributed by atoms with E-state index >= 15 is 0 Å². The molecule has 0 saturated carbocycles. The third kappa shape index (κ3) is 3.52. The average Bonchev–Trinajstić information content (AvgIpc) is 2.99. The number of alkyl halides is 3. The summed E-state index contributed by atoms with van der Waals surface area (Å²) in [7, 11) is 1.19. The molecular weight excluding hydrogens is 375 g/mol. The van der Waals surface area contributed by atoms with Gasteiger partial charge in [0.05, 0.1) is 10.7 Å². The highest BCUT2D eigenvalue weighted by Crippen LogP contribution is 2.31. The Hall–Kier alpha value is -2.55. The van der Waals surface area contributed by atoms with Crippen molar-refractivity contribution >= 4 is 23.5 Å². The van der Waals surface area contributed by atoms with E-state index in [0.29, 0.717) is 6.07 Å². The molecule has 1 aromatic heterocycles. The van der Waals surface area contributed by atoms with Crippen molar-refractivity contribution in [1.82, 2.24) is 14.7 Å². The first kappa shape index (κ1) is 19.8. The summed E-state index contributed by atoms with van der Waals surface area (Å²) < 4.78 is 40.1. The number of benzene rings is 1. The molecular formula is C16H15ClF3N3O3. The van der Waals surface area contributed by atoms with Crippen LogP contribution in [0, 0.1) is 0 Å². The molecule has 0 spiro atoms. The Bertz CT molecular complexity index is 862. The quantitative estimate of drug-likeness (QED) is 0.868. The van der Waals surface area contributed by atoms with Crippen LogP contribution in [0.5, 0.6) is 0 Å². The number of rotatable bonds is 4. The van der Waals surface area contributed by atoms with E-state index in [0.717, 1.165) is 9.58 Å². The van der Waals surface area contributed by atoms with Gasteiger partial charge in [-0.05, 0) is 26.0 Å². The van der Waals surface area contributed by atoms with E-state index in [1.54, 1.807) is 6.07 Å². The number of carboxylic acids is 1. The van der Waals surface area contributed by atoms with Gasteiger partial charge in [-0.2, -0.15) is 18.3 Å². The Kier molecular flexibility index (Phi) is 5.05. The maximum absolute atomic E-state index is 13.1. The third-order valence-electron chi connectivity index (χ3n) is 3.97. The minimum Gasteiger partial charge on any atom is -0.480 e. The Morgan fingerprint density at radius 1 is 1.23 bits per heavy atom. The molecule has 0 bridgehead atoms. The summed E-state index contributed by atoms with van der Waals surface area (Å²) in [5.74, 6) is -2.26. The summed E-state index contributed by atoms with van der Waals surface area (Å²) in [6.45, 7) is 2.52. The summed E-state index contributed by atoms with van der Waals surface area (Å²) in [6.07, 6.45) is -4.79. The summed E-state index contributed by atoms with van der Waals surface area (Å²) in [5, 5.41) is 12.8. The van der Waals surface area contributed by atoms with E-state index in [9.17, 15) is 27.9 Å². The van der Waals surface area contributed by atoms with Crippen LogP contribution in [0.15, 0.2) is 30.3 Å². The number of aromatic nitrogens is 2. The molecule has 2 aromatic rings. The molecule has 1 amide bonds. The predicted octanol–water partition coefficient (Wildman–Crippen LogP) is 3.48. The number of carboxylic acid groups (broad SMARTS) is 1. The molecule has 10 heteroatoms. The van der Waals surface area contributed by atoms with Gasteiger partial charge in [-0.25, -0.2) is 9.48 Å². The van der Waals surface area contributed by atoms with Gasteiger partial charge in [0.25, 0.3) is 5.91 Å². The molecule has 1 aromatic carbocycles. The van der Waals surface area contributed by atoms with Crippen molar-refractivity contribution in [3.8, 4) is 5.69 Å². The van der Waals surface area contributed by atoms with Crippen LogP contribution >= 0.6 is 11.6 Å². The highest BCUT2D eigenvalue weighted by molar-refractivity contribution is 6.32. The average molecular weight is 390 g/mol. The maximum atomic E-state index is 13.1. The van der Waals surface area contributed by atoms with Crippen LogP contribution < -0.4 is 0 Å². The van der Waals surface area contributed by atoms with E-state index in [-0.39, 0.29) is 10.7 Å². The maximum Gasteiger partial charge on any atom is 0.435 e. The molecule has 0 saturated heterocycles. The number of amides is 1. The van der Waals surface area contributed by atoms with Crippen molar-refractivity contribution in [2.45, 2.75) is 25.6 Å². The number of likely N-dealkylation sites (N-methyl/N-ethyl adjacent to an activating group) is 1. The van der Waals surface area contributed by atoms with E-state index in [1.807, 2.05) is 0 Å². The van der Waals surface area contributed by atoms with Crippen LogP contribution in [0.25, 0.3) is 5.69 Å². The van der Waals surface area contributed by atoms with Gasteiger partial charge in [0, 0.05) is 13.1 Å². The Morgan fingerprint density at radius 3 is 2.31 bits per heavy atom. The Balaban J connectivity index is 2.64. The zero-order chi connectivity index (χ0) is 19.9.